The molecule has 7 heteroatoms. The summed E-state index contributed by atoms with van der Waals surface area (Å²) < 4.78 is 5.17. The van der Waals surface area contributed by atoms with Crippen molar-refractivity contribution in [3.63, 3.8) is 0 Å². The molecule has 5 rings (SSSR count). The number of likely N-dealkylation sites (tertiary alicyclic amines) is 1. The van der Waals surface area contributed by atoms with Gasteiger partial charge in [-0.25, -0.2) is 9.97 Å². The normalized spacial score (nSPS) is 20.9. The van der Waals surface area contributed by atoms with Gasteiger partial charge in [0.25, 0.3) is 5.91 Å². The van der Waals surface area contributed by atoms with Gasteiger partial charge in [-0.2, -0.15) is 0 Å². The monoisotopic (exact) mass is 434 g/mol. The first-order valence-electron chi connectivity index (χ1n) is 11.6. The van der Waals surface area contributed by atoms with Crippen LogP contribution in [0.2, 0.25) is 0 Å². The van der Waals surface area contributed by atoms with E-state index in [1.807, 2.05) is 41.0 Å². The van der Waals surface area contributed by atoms with Crippen molar-refractivity contribution in [1.29, 1.82) is 0 Å². The first kappa shape index (κ1) is 21.1. The number of methoxy groups -OCH3 is 1. The average molecular weight is 435 g/mol. The Labute approximate surface area is 188 Å². The van der Waals surface area contributed by atoms with Crippen LogP contribution in [0.25, 0.3) is 0 Å². The minimum atomic E-state index is -0.169. The van der Waals surface area contributed by atoms with Gasteiger partial charge >= 0.3 is 0 Å². The van der Waals surface area contributed by atoms with Crippen molar-refractivity contribution in [2.24, 2.45) is 0 Å². The van der Waals surface area contributed by atoms with Crippen LogP contribution in [0.1, 0.15) is 77.6 Å². The SMILES string of the molecule is COCc1ccc(C(=O)N2CCCCC2c2nc(C)c3c(n2)N(C2CC2)C(=O)CC3)cc1. The Hall–Kier alpha value is -2.80. The number of rotatable bonds is 5. The molecule has 2 aromatic rings. The molecule has 0 spiro atoms. The van der Waals surface area contributed by atoms with E-state index in [9.17, 15) is 9.59 Å². The van der Waals surface area contributed by atoms with Gasteiger partial charge < -0.3 is 9.64 Å². The van der Waals surface area contributed by atoms with Gasteiger partial charge in [-0.05, 0) is 63.1 Å². The molecule has 1 aromatic heterocycles. The third-order valence-corrected chi connectivity index (χ3v) is 6.78. The van der Waals surface area contributed by atoms with Gasteiger partial charge in [0.05, 0.1) is 12.6 Å². The minimum Gasteiger partial charge on any atom is -0.380 e. The molecule has 1 saturated heterocycles. The van der Waals surface area contributed by atoms with E-state index in [2.05, 4.69) is 0 Å². The van der Waals surface area contributed by atoms with Crippen molar-refractivity contribution in [3.8, 4) is 0 Å². The lowest BCUT2D eigenvalue weighted by Crippen LogP contribution is -2.41. The largest absolute Gasteiger partial charge is 0.380 e. The summed E-state index contributed by atoms with van der Waals surface area (Å²) in [6.45, 7) is 3.22. The first-order chi connectivity index (χ1) is 15.6. The van der Waals surface area contributed by atoms with Crippen LogP contribution in [-0.4, -0.2) is 46.4 Å². The summed E-state index contributed by atoms with van der Waals surface area (Å²) in [6, 6.07) is 7.72. The predicted octanol–water partition coefficient (Wildman–Crippen LogP) is 3.74. The molecule has 2 fully saturated rings. The lowest BCUT2D eigenvalue weighted by molar-refractivity contribution is -0.119. The van der Waals surface area contributed by atoms with E-state index in [0.29, 0.717) is 37.4 Å². The minimum absolute atomic E-state index is 0.00719. The molecule has 3 aliphatic rings. The number of anilines is 1. The molecule has 0 bridgehead atoms. The van der Waals surface area contributed by atoms with Gasteiger partial charge in [0.1, 0.15) is 5.82 Å². The van der Waals surface area contributed by atoms with Crippen molar-refractivity contribution >= 4 is 17.6 Å². The summed E-state index contributed by atoms with van der Waals surface area (Å²) in [5.41, 5.74) is 3.73. The molecular formula is C25H30N4O3. The quantitative estimate of drug-likeness (QED) is 0.717. The number of ether oxygens (including phenoxy) is 1. The lowest BCUT2D eigenvalue weighted by Gasteiger charge is -2.36. The first-order valence-corrected chi connectivity index (χ1v) is 11.6. The number of aryl methyl sites for hydroxylation is 1. The fourth-order valence-corrected chi connectivity index (χ4v) is 4.94. The highest BCUT2D eigenvalue weighted by molar-refractivity contribution is 5.96. The molecular weight excluding hydrogens is 404 g/mol. The van der Waals surface area contributed by atoms with Crippen LogP contribution in [0.5, 0.6) is 0 Å². The van der Waals surface area contributed by atoms with Crippen LogP contribution in [0, 0.1) is 6.92 Å². The van der Waals surface area contributed by atoms with E-state index < -0.39 is 0 Å². The van der Waals surface area contributed by atoms with Crippen molar-refractivity contribution in [3.05, 3.63) is 52.5 Å². The van der Waals surface area contributed by atoms with Crippen molar-refractivity contribution in [2.75, 3.05) is 18.6 Å². The summed E-state index contributed by atoms with van der Waals surface area (Å²) >= 11 is 0. The zero-order valence-corrected chi connectivity index (χ0v) is 18.8. The van der Waals surface area contributed by atoms with E-state index >= 15 is 0 Å². The van der Waals surface area contributed by atoms with Crippen LogP contribution >= 0.6 is 0 Å². The molecule has 1 atom stereocenters. The number of nitrogens with zero attached hydrogens (tertiary/aromatic N) is 4. The number of hydrogen-bond donors (Lipinski definition) is 0. The second-order valence-electron chi connectivity index (χ2n) is 9.10. The standard InChI is InChI=1S/C25H30N4O3/c1-16-20-12-13-22(30)29(19-10-11-19)24(20)27-23(26-16)21-5-3-4-14-28(21)25(31)18-8-6-17(7-9-18)15-32-2/h6-9,19,21H,3-5,10-15H2,1-2H3. The van der Waals surface area contributed by atoms with Crippen molar-refractivity contribution < 1.29 is 14.3 Å². The van der Waals surface area contributed by atoms with E-state index in [4.69, 9.17) is 14.7 Å². The number of carbonyl (C=O) groups excluding carboxylic acids is 2. The highest BCUT2D eigenvalue weighted by Gasteiger charge is 2.40. The molecule has 32 heavy (non-hydrogen) atoms. The summed E-state index contributed by atoms with van der Waals surface area (Å²) in [7, 11) is 1.66. The zero-order valence-electron chi connectivity index (χ0n) is 18.8. The molecule has 1 aliphatic carbocycles. The third-order valence-electron chi connectivity index (χ3n) is 6.78. The number of fused-ring (bicyclic) bond motifs is 1. The van der Waals surface area contributed by atoms with E-state index in [0.717, 1.165) is 54.7 Å². The molecule has 7 nitrogen and oxygen atoms in total. The molecule has 0 N–H and O–H groups in total. The Balaban J connectivity index is 1.47. The van der Waals surface area contributed by atoms with E-state index in [1.165, 1.54) is 0 Å². The van der Waals surface area contributed by atoms with Gasteiger partial charge in [-0.15, -0.1) is 0 Å². The number of hydrogen-bond acceptors (Lipinski definition) is 5. The number of benzene rings is 1. The molecule has 2 aliphatic heterocycles. The Morgan fingerprint density at radius 3 is 2.59 bits per heavy atom. The Morgan fingerprint density at radius 1 is 1.09 bits per heavy atom. The Morgan fingerprint density at radius 2 is 1.88 bits per heavy atom. The second kappa shape index (κ2) is 8.62. The fourth-order valence-electron chi connectivity index (χ4n) is 4.94. The molecule has 0 radical (unpaired) electrons. The van der Waals surface area contributed by atoms with Gasteiger partial charge in [0.2, 0.25) is 5.91 Å². The van der Waals surface area contributed by atoms with E-state index in [1.54, 1.807) is 7.11 Å². The maximum Gasteiger partial charge on any atom is 0.254 e. The van der Waals surface area contributed by atoms with E-state index in [-0.39, 0.29) is 23.9 Å². The topological polar surface area (TPSA) is 75.6 Å². The maximum absolute atomic E-state index is 13.4. The molecule has 1 saturated carbocycles. The van der Waals surface area contributed by atoms with Crippen molar-refractivity contribution in [2.45, 2.75) is 70.6 Å². The Bertz CT molecular complexity index is 1030. The van der Waals surface area contributed by atoms with Crippen LogP contribution in [-0.2, 0) is 22.6 Å². The molecule has 1 aromatic carbocycles. The molecule has 168 valence electrons. The number of piperidine rings is 1. The third kappa shape index (κ3) is 3.90. The smallest absolute Gasteiger partial charge is 0.254 e. The lowest BCUT2D eigenvalue weighted by atomic mass is 9.98. The summed E-state index contributed by atoms with van der Waals surface area (Å²) in [6.07, 6.45) is 6.15. The van der Waals surface area contributed by atoms with Gasteiger partial charge in [0.15, 0.2) is 5.82 Å². The predicted molar refractivity (Wildman–Crippen MR) is 120 cm³/mol. The van der Waals surface area contributed by atoms with Gasteiger partial charge in [-0.1, -0.05) is 12.1 Å². The molecule has 2 amide bonds. The summed E-state index contributed by atoms with van der Waals surface area (Å²) in [5, 5.41) is 0. The fraction of sp³-hybridized carbons (Fsp3) is 0.520. The second-order valence-corrected chi connectivity index (χ2v) is 9.10. The number of carbonyl (C=O) groups is 2. The summed E-state index contributed by atoms with van der Waals surface area (Å²) in [4.78, 5) is 39.7. The van der Waals surface area contributed by atoms with Gasteiger partial charge in [-0.3, -0.25) is 14.5 Å². The maximum atomic E-state index is 13.4. The molecule has 3 heterocycles. The zero-order chi connectivity index (χ0) is 22.2. The van der Waals surface area contributed by atoms with Crippen LogP contribution in [0.3, 0.4) is 0 Å². The Kier molecular flexibility index (Phi) is 5.67. The van der Waals surface area contributed by atoms with Crippen LogP contribution in [0.15, 0.2) is 24.3 Å². The van der Waals surface area contributed by atoms with Gasteiger partial charge in [0, 0.05) is 42.9 Å². The summed E-state index contributed by atoms with van der Waals surface area (Å²) in [5.74, 6) is 1.63. The van der Waals surface area contributed by atoms with Crippen LogP contribution < -0.4 is 4.90 Å². The van der Waals surface area contributed by atoms with Crippen LogP contribution in [0.4, 0.5) is 5.82 Å². The highest BCUT2D eigenvalue weighted by atomic mass is 16.5. The number of amides is 2. The van der Waals surface area contributed by atoms with Crippen molar-refractivity contribution in [1.82, 2.24) is 14.9 Å². The highest BCUT2D eigenvalue weighted by Crippen LogP contribution is 2.39. The number of aromatic nitrogens is 2. The average Bonchev–Trinajstić information content (AvgIpc) is 3.64. The molecule has 1 unspecified atom stereocenters.